The number of rotatable bonds is 4. The summed E-state index contributed by atoms with van der Waals surface area (Å²) in [6, 6.07) is 4.79. The Morgan fingerprint density at radius 1 is 1.26 bits per heavy atom. The summed E-state index contributed by atoms with van der Waals surface area (Å²) >= 11 is 0. The standard InChI is InChI=1S/C16H23NO2/c1-10-5-6-13(12(3)11(10)2)9-17(4)15-7-14(8-15)16(18)19/h5-6,14-15H,7-9H2,1-4H3,(H,18,19). The van der Waals surface area contributed by atoms with Crippen molar-refractivity contribution < 1.29 is 9.90 Å². The van der Waals surface area contributed by atoms with Crippen LogP contribution in [0, 0.1) is 26.7 Å². The van der Waals surface area contributed by atoms with Crippen LogP contribution in [0.3, 0.4) is 0 Å². The van der Waals surface area contributed by atoms with Crippen molar-refractivity contribution in [2.75, 3.05) is 7.05 Å². The van der Waals surface area contributed by atoms with Gasteiger partial charge >= 0.3 is 5.97 Å². The van der Waals surface area contributed by atoms with E-state index in [0.29, 0.717) is 6.04 Å². The molecule has 1 aliphatic carbocycles. The van der Waals surface area contributed by atoms with Crippen LogP contribution in [0.2, 0.25) is 0 Å². The first-order valence-corrected chi connectivity index (χ1v) is 6.89. The Hall–Kier alpha value is -1.35. The largest absolute Gasteiger partial charge is 0.481 e. The van der Waals surface area contributed by atoms with Crippen LogP contribution in [0.15, 0.2) is 12.1 Å². The Morgan fingerprint density at radius 2 is 1.89 bits per heavy atom. The molecule has 2 rings (SSSR count). The van der Waals surface area contributed by atoms with E-state index in [4.69, 9.17) is 5.11 Å². The topological polar surface area (TPSA) is 40.5 Å². The summed E-state index contributed by atoms with van der Waals surface area (Å²) in [7, 11) is 2.09. The predicted molar refractivity (Wildman–Crippen MR) is 76.3 cm³/mol. The van der Waals surface area contributed by atoms with Gasteiger partial charge in [0, 0.05) is 12.6 Å². The van der Waals surface area contributed by atoms with Gasteiger partial charge in [0.1, 0.15) is 0 Å². The molecule has 0 bridgehead atoms. The number of carbonyl (C=O) groups is 1. The van der Waals surface area contributed by atoms with Gasteiger partial charge in [-0.2, -0.15) is 0 Å². The highest BCUT2D eigenvalue weighted by molar-refractivity contribution is 5.71. The van der Waals surface area contributed by atoms with Crippen molar-refractivity contribution in [2.24, 2.45) is 5.92 Å². The number of carboxylic acid groups (broad SMARTS) is 1. The van der Waals surface area contributed by atoms with Gasteiger partial charge in [-0.1, -0.05) is 12.1 Å². The molecule has 1 aromatic carbocycles. The zero-order valence-electron chi connectivity index (χ0n) is 12.2. The number of benzene rings is 1. The van der Waals surface area contributed by atoms with Crippen LogP contribution in [0.4, 0.5) is 0 Å². The summed E-state index contributed by atoms with van der Waals surface area (Å²) in [4.78, 5) is 13.1. The molecule has 0 unspecified atom stereocenters. The maximum absolute atomic E-state index is 10.8. The molecule has 0 aromatic heterocycles. The summed E-state index contributed by atoms with van der Waals surface area (Å²) in [5.74, 6) is -0.777. The Morgan fingerprint density at radius 3 is 2.47 bits per heavy atom. The quantitative estimate of drug-likeness (QED) is 0.906. The molecule has 3 heteroatoms. The van der Waals surface area contributed by atoms with Gasteiger partial charge < -0.3 is 5.11 Å². The number of hydrogen-bond acceptors (Lipinski definition) is 2. The number of aliphatic carboxylic acids is 1. The van der Waals surface area contributed by atoms with Crippen LogP contribution in [0.1, 0.15) is 35.1 Å². The lowest BCUT2D eigenvalue weighted by atomic mass is 9.79. The van der Waals surface area contributed by atoms with Gasteiger partial charge in [0.2, 0.25) is 0 Å². The van der Waals surface area contributed by atoms with E-state index in [2.05, 4.69) is 44.9 Å². The first kappa shape index (κ1) is 14.1. The van der Waals surface area contributed by atoms with Gasteiger partial charge in [-0.25, -0.2) is 0 Å². The number of carboxylic acids is 1. The third-order valence-electron chi connectivity index (χ3n) is 4.68. The Bertz CT molecular complexity index is 490. The van der Waals surface area contributed by atoms with Crippen molar-refractivity contribution in [3.05, 3.63) is 34.4 Å². The highest BCUT2D eigenvalue weighted by atomic mass is 16.4. The molecule has 0 spiro atoms. The molecule has 0 amide bonds. The molecule has 1 fully saturated rings. The Kier molecular flexibility index (Phi) is 3.95. The summed E-state index contributed by atoms with van der Waals surface area (Å²) in [5.41, 5.74) is 5.41. The summed E-state index contributed by atoms with van der Waals surface area (Å²) in [6.07, 6.45) is 1.57. The SMILES string of the molecule is Cc1ccc(CN(C)C2CC(C(=O)O)C2)c(C)c1C. The van der Waals surface area contributed by atoms with Crippen LogP contribution < -0.4 is 0 Å². The molecular formula is C16H23NO2. The predicted octanol–water partition coefficient (Wildman–Crippen LogP) is 2.91. The molecule has 19 heavy (non-hydrogen) atoms. The van der Waals surface area contributed by atoms with Crippen LogP contribution in [0.5, 0.6) is 0 Å². The van der Waals surface area contributed by atoms with Crippen LogP contribution in [-0.2, 0) is 11.3 Å². The van der Waals surface area contributed by atoms with E-state index in [1.165, 1.54) is 22.3 Å². The molecule has 1 aromatic rings. The number of nitrogens with zero attached hydrogens (tertiary/aromatic N) is 1. The van der Waals surface area contributed by atoms with Gasteiger partial charge in [0.15, 0.2) is 0 Å². The number of hydrogen-bond donors (Lipinski definition) is 1. The van der Waals surface area contributed by atoms with Gasteiger partial charge in [-0.3, -0.25) is 9.69 Å². The third-order valence-corrected chi connectivity index (χ3v) is 4.68. The molecule has 0 radical (unpaired) electrons. The number of aryl methyl sites for hydroxylation is 1. The normalized spacial score (nSPS) is 22.4. The van der Waals surface area contributed by atoms with Gasteiger partial charge in [-0.05, 0) is 62.9 Å². The lowest BCUT2D eigenvalue weighted by molar-refractivity contribution is -0.146. The lowest BCUT2D eigenvalue weighted by Gasteiger charge is -2.39. The average Bonchev–Trinajstić information content (AvgIpc) is 2.27. The smallest absolute Gasteiger partial charge is 0.306 e. The van der Waals surface area contributed by atoms with Crippen molar-refractivity contribution >= 4 is 5.97 Å². The van der Waals surface area contributed by atoms with Crippen molar-refractivity contribution in [1.29, 1.82) is 0 Å². The third kappa shape index (κ3) is 2.81. The summed E-state index contributed by atoms with van der Waals surface area (Å²) in [5, 5.41) is 8.92. The second kappa shape index (κ2) is 5.33. The van der Waals surface area contributed by atoms with E-state index in [9.17, 15) is 4.79 Å². The van der Waals surface area contributed by atoms with Crippen LogP contribution in [0.25, 0.3) is 0 Å². The maximum Gasteiger partial charge on any atom is 0.306 e. The van der Waals surface area contributed by atoms with Crippen LogP contribution >= 0.6 is 0 Å². The fraction of sp³-hybridized carbons (Fsp3) is 0.562. The fourth-order valence-corrected chi connectivity index (χ4v) is 2.73. The zero-order chi connectivity index (χ0) is 14.2. The minimum Gasteiger partial charge on any atom is -0.481 e. The molecule has 0 atom stereocenters. The minimum atomic E-state index is -0.646. The maximum atomic E-state index is 10.8. The van der Waals surface area contributed by atoms with E-state index in [1.54, 1.807) is 0 Å². The second-order valence-electron chi connectivity index (χ2n) is 5.87. The van der Waals surface area contributed by atoms with E-state index in [0.717, 1.165) is 19.4 Å². The molecule has 1 aliphatic rings. The zero-order valence-corrected chi connectivity index (χ0v) is 12.2. The van der Waals surface area contributed by atoms with Crippen LogP contribution in [-0.4, -0.2) is 29.1 Å². The molecule has 104 valence electrons. The first-order valence-electron chi connectivity index (χ1n) is 6.89. The Labute approximate surface area is 115 Å². The highest BCUT2D eigenvalue weighted by Gasteiger charge is 2.36. The minimum absolute atomic E-state index is 0.131. The van der Waals surface area contributed by atoms with E-state index >= 15 is 0 Å². The van der Waals surface area contributed by atoms with E-state index < -0.39 is 5.97 Å². The van der Waals surface area contributed by atoms with Crippen molar-refractivity contribution in [1.82, 2.24) is 4.90 Å². The first-order chi connectivity index (χ1) is 8.90. The molecule has 1 saturated carbocycles. The van der Waals surface area contributed by atoms with Gasteiger partial charge in [-0.15, -0.1) is 0 Å². The lowest BCUT2D eigenvalue weighted by Crippen LogP contribution is -2.44. The van der Waals surface area contributed by atoms with Crippen molar-refractivity contribution in [3.8, 4) is 0 Å². The van der Waals surface area contributed by atoms with E-state index in [1.807, 2.05) is 0 Å². The molecule has 1 N–H and O–H groups in total. The summed E-state index contributed by atoms with van der Waals surface area (Å²) < 4.78 is 0. The summed E-state index contributed by atoms with van der Waals surface area (Å²) in [6.45, 7) is 7.38. The Balaban J connectivity index is 1.99. The monoisotopic (exact) mass is 261 g/mol. The fourth-order valence-electron chi connectivity index (χ4n) is 2.73. The molecule has 0 aliphatic heterocycles. The van der Waals surface area contributed by atoms with Gasteiger partial charge in [0.25, 0.3) is 0 Å². The highest BCUT2D eigenvalue weighted by Crippen LogP contribution is 2.32. The molecule has 0 saturated heterocycles. The molecular weight excluding hydrogens is 238 g/mol. The van der Waals surface area contributed by atoms with Gasteiger partial charge in [0.05, 0.1) is 5.92 Å². The average molecular weight is 261 g/mol. The molecule has 0 heterocycles. The van der Waals surface area contributed by atoms with Crippen molar-refractivity contribution in [2.45, 2.75) is 46.2 Å². The van der Waals surface area contributed by atoms with Crippen molar-refractivity contribution in [3.63, 3.8) is 0 Å². The molecule has 3 nitrogen and oxygen atoms in total. The second-order valence-corrected chi connectivity index (χ2v) is 5.87. The van der Waals surface area contributed by atoms with E-state index in [-0.39, 0.29) is 5.92 Å².